The molecule has 100 valence electrons. The van der Waals surface area contributed by atoms with Crippen molar-refractivity contribution in [3.8, 4) is 11.4 Å². The fourth-order valence-corrected chi connectivity index (χ4v) is 1.80. The van der Waals surface area contributed by atoms with Crippen LogP contribution in [0.3, 0.4) is 0 Å². The third kappa shape index (κ3) is 2.59. The van der Waals surface area contributed by atoms with Crippen molar-refractivity contribution in [3.05, 3.63) is 41.7 Å². The van der Waals surface area contributed by atoms with Gasteiger partial charge in [-0.1, -0.05) is 0 Å². The Kier molecular flexibility index (Phi) is 3.85. The van der Waals surface area contributed by atoms with Gasteiger partial charge in [0.25, 0.3) is 0 Å². The Bertz CT molecular complexity index is 573. The van der Waals surface area contributed by atoms with Crippen molar-refractivity contribution in [2.75, 3.05) is 13.7 Å². The summed E-state index contributed by atoms with van der Waals surface area (Å²) < 4.78 is 11.8. The topological polar surface area (TPSA) is 53.3 Å². The Balaban J connectivity index is 2.32. The van der Waals surface area contributed by atoms with Crippen LogP contribution in [0.25, 0.3) is 5.69 Å². The molecule has 0 radical (unpaired) electrons. The van der Waals surface area contributed by atoms with E-state index in [1.165, 1.54) is 6.20 Å². The molecule has 19 heavy (non-hydrogen) atoms. The van der Waals surface area contributed by atoms with Crippen molar-refractivity contribution in [2.24, 2.45) is 0 Å². The van der Waals surface area contributed by atoms with Crippen LogP contribution in [-0.4, -0.2) is 29.5 Å². The standard InChI is InChI=1S/C14H16N2O3/c1-4-19-14(17)13-9-15-16(10(13)2)11-5-7-12(18-3)8-6-11/h5-9H,4H2,1-3H3. The Labute approximate surface area is 111 Å². The summed E-state index contributed by atoms with van der Waals surface area (Å²) in [5, 5.41) is 4.22. The molecule has 2 rings (SSSR count). The number of nitrogens with zero attached hydrogens (tertiary/aromatic N) is 2. The molecule has 0 fully saturated rings. The van der Waals surface area contributed by atoms with Crippen molar-refractivity contribution in [3.63, 3.8) is 0 Å². The number of rotatable bonds is 4. The van der Waals surface area contributed by atoms with E-state index < -0.39 is 0 Å². The van der Waals surface area contributed by atoms with E-state index in [-0.39, 0.29) is 5.97 Å². The zero-order valence-electron chi connectivity index (χ0n) is 11.2. The number of hydrogen-bond acceptors (Lipinski definition) is 4. The van der Waals surface area contributed by atoms with Crippen LogP contribution in [0.4, 0.5) is 0 Å². The van der Waals surface area contributed by atoms with E-state index in [0.717, 1.165) is 17.1 Å². The van der Waals surface area contributed by atoms with Gasteiger partial charge >= 0.3 is 5.97 Å². The molecule has 1 heterocycles. The van der Waals surface area contributed by atoms with Crippen LogP contribution >= 0.6 is 0 Å². The molecule has 5 heteroatoms. The first-order valence-electron chi connectivity index (χ1n) is 6.03. The highest BCUT2D eigenvalue weighted by molar-refractivity contribution is 5.90. The van der Waals surface area contributed by atoms with Crippen LogP contribution in [0, 0.1) is 6.92 Å². The van der Waals surface area contributed by atoms with Gasteiger partial charge in [-0.15, -0.1) is 0 Å². The van der Waals surface area contributed by atoms with Gasteiger partial charge in [-0.25, -0.2) is 9.48 Å². The maximum absolute atomic E-state index is 11.7. The van der Waals surface area contributed by atoms with Crippen LogP contribution in [0.15, 0.2) is 30.5 Å². The molecule has 1 aromatic heterocycles. The number of methoxy groups -OCH3 is 1. The molecular formula is C14H16N2O3. The monoisotopic (exact) mass is 260 g/mol. The predicted octanol–water partition coefficient (Wildman–Crippen LogP) is 2.37. The second kappa shape index (κ2) is 5.56. The fourth-order valence-electron chi connectivity index (χ4n) is 1.80. The number of hydrogen-bond donors (Lipinski definition) is 0. The SMILES string of the molecule is CCOC(=O)c1cnn(-c2ccc(OC)cc2)c1C. The highest BCUT2D eigenvalue weighted by atomic mass is 16.5. The number of esters is 1. The highest BCUT2D eigenvalue weighted by Crippen LogP contribution is 2.18. The number of carbonyl (C=O) groups excluding carboxylic acids is 1. The Morgan fingerprint density at radius 1 is 1.32 bits per heavy atom. The van der Waals surface area contributed by atoms with Crippen LogP contribution in [0.2, 0.25) is 0 Å². The van der Waals surface area contributed by atoms with Crippen molar-refractivity contribution >= 4 is 5.97 Å². The summed E-state index contributed by atoms with van der Waals surface area (Å²) in [6.07, 6.45) is 1.53. The maximum Gasteiger partial charge on any atom is 0.341 e. The highest BCUT2D eigenvalue weighted by Gasteiger charge is 2.15. The molecule has 0 unspecified atom stereocenters. The smallest absolute Gasteiger partial charge is 0.341 e. The summed E-state index contributed by atoms with van der Waals surface area (Å²) in [5.41, 5.74) is 2.11. The minimum atomic E-state index is -0.347. The molecule has 0 aliphatic carbocycles. The predicted molar refractivity (Wildman–Crippen MR) is 70.8 cm³/mol. The van der Waals surface area contributed by atoms with Crippen LogP contribution in [0.5, 0.6) is 5.75 Å². The second-order valence-electron chi connectivity index (χ2n) is 3.97. The number of carbonyl (C=O) groups is 1. The molecule has 0 bridgehead atoms. The normalized spacial score (nSPS) is 10.3. The molecule has 0 aliphatic rings. The molecule has 5 nitrogen and oxygen atoms in total. The summed E-state index contributed by atoms with van der Waals surface area (Å²) in [6, 6.07) is 7.46. The van der Waals surface area contributed by atoms with Crippen LogP contribution in [0.1, 0.15) is 23.0 Å². The van der Waals surface area contributed by atoms with Crippen molar-refractivity contribution in [1.29, 1.82) is 0 Å². The summed E-state index contributed by atoms with van der Waals surface area (Å²) in [7, 11) is 1.62. The lowest BCUT2D eigenvalue weighted by Gasteiger charge is -2.06. The van der Waals surface area contributed by atoms with Crippen LogP contribution < -0.4 is 4.74 Å². The molecule has 0 amide bonds. The van der Waals surface area contributed by atoms with E-state index in [1.54, 1.807) is 18.7 Å². The third-order valence-electron chi connectivity index (χ3n) is 2.82. The van der Waals surface area contributed by atoms with Gasteiger partial charge in [-0.3, -0.25) is 0 Å². The van der Waals surface area contributed by atoms with E-state index in [4.69, 9.17) is 9.47 Å². The molecule has 0 saturated carbocycles. The van der Waals surface area contributed by atoms with Gasteiger partial charge in [-0.2, -0.15) is 5.10 Å². The van der Waals surface area contributed by atoms with Crippen molar-refractivity contribution in [2.45, 2.75) is 13.8 Å². The first kappa shape index (κ1) is 13.1. The van der Waals surface area contributed by atoms with Gasteiger partial charge in [-0.05, 0) is 38.1 Å². The Hall–Kier alpha value is -2.30. The zero-order valence-corrected chi connectivity index (χ0v) is 11.2. The quantitative estimate of drug-likeness (QED) is 0.792. The second-order valence-corrected chi connectivity index (χ2v) is 3.97. The Morgan fingerprint density at radius 3 is 2.58 bits per heavy atom. The molecule has 0 spiro atoms. The number of ether oxygens (including phenoxy) is 2. The van der Waals surface area contributed by atoms with E-state index >= 15 is 0 Å². The lowest BCUT2D eigenvalue weighted by molar-refractivity contribution is 0.0525. The molecule has 0 saturated heterocycles. The minimum absolute atomic E-state index is 0.347. The van der Waals surface area contributed by atoms with Gasteiger partial charge in [0, 0.05) is 0 Å². The minimum Gasteiger partial charge on any atom is -0.497 e. The van der Waals surface area contributed by atoms with Crippen molar-refractivity contribution in [1.82, 2.24) is 9.78 Å². The van der Waals surface area contributed by atoms with E-state index in [0.29, 0.717) is 12.2 Å². The Morgan fingerprint density at radius 2 is 2.00 bits per heavy atom. The van der Waals surface area contributed by atoms with Gasteiger partial charge in [0.1, 0.15) is 11.3 Å². The molecule has 1 aromatic carbocycles. The number of aromatic nitrogens is 2. The van der Waals surface area contributed by atoms with Crippen LogP contribution in [-0.2, 0) is 4.74 Å². The average Bonchev–Trinajstić information content (AvgIpc) is 2.81. The molecule has 0 atom stereocenters. The molecule has 0 N–H and O–H groups in total. The van der Waals surface area contributed by atoms with Gasteiger partial charge in [0.15, 0.2) is 0 Å². The molecular weight excluding hydrogens is 244 g/mol. The molecule has 0 aliphatic heterocycles. The number of benzene rings is 1. The zero-order chi connectivity index (χ0) is 13.8. The van der Waals surface area contributed by atoms with Crippen molar-refractivity contribution < 1.29 is 14.3 Å². The van der Waals surface area contributed by atoms with Gasteiger partial charge in [0.05, 0.1) is 31.3 Å². The van der Waals surface area contributed by atoms with E-state index in [9.17, 15) is 4.79 Å². The lowest BCUT2D eigenvalue weighted by atomic mass is 10.2. The van der Waals surface area contributed by atoms with E-state index in [2.05, 4.69) is 5.10 Å². The average molecular weight is 260 g/mol. The fraction of sp³-hybridized carbons (Fsp3) is 0.286. The summed E-state index contributed by atoms with van der Waals surface area (Å²) in [6.45, 7) is 3.97. The summed E-state index contributed by atoms with van der Waals surface area (Å²) in [5.74, 6) is 0.430. The van der Waals surface area contributed by atoms with Gasteiger partial charge < -0.3 is 9.47 Å². The summed E-state index contributed by atoms with van der Waals surface area (Å²) >= 11 is 0. The first-order chi connectivity index (χ1) is 9.17. The first-order valence-corrected chi connectivity index (χ1v) is 6.03. The van der Waals surface area contributed by atoms with Gasteiger partial charge in [0.2, 0.25) is 0 Å². The largest absolute Gasteiger partial charge is 0.497 e. The maximum atomic E-state index is 11.7. The molecule has 2 aromatic rings. The third-order valence-corrected chi connectivity index (χ3v) is 2.82. The summed E-state index contributed by atoms with van der Waals surface area (Å²) in [4.78, 5) is 11.7. The van der Waals surface area contributed by atoms with E-state index in [1.807, 2.05) is 31.2 Å². The lowest BCUT2D eigenvalue weighted by Crippen LogP contribution is -2.06.